The molecule has 0 fully saturated rings. The highest BCUT2D eigenvalue weighted by Crippen LogP contribution is 2.11. The molecule has 0 radical (unpaired) electrons. The molecule has 2 amide bonds. The summed E-state index contributed by atoms with van der Waals surface area (Å²) < 4.78 is 0.972. The van der Waals surface area contributed by atoms with E-state index in [1.807, 2.05) is 6.07 Å². The third-order valence-electron chi connectivity index (χ3n) is 3.86. The maximum absolute atomic E-state index is 12.2. The van der Waals surface area contributed by atoms with Gasteiger partial charge in [0.15, 0.2) is 0 Å². The zero-order valence-corrected chi connectivity index (χ0v) is 15.0. The van der Waals surface area contributed by atoms with Gasteiger partial charge >= 0.3 is 0 Å². The van der Waals surface area contributed by atoms with Crippen molar-refractivity contribution in [1.29, 1.82) is 5.26 Å². The number of carbonyl (C=O) groups excluding carboxylic acids is 2. The fraction of sp³-hybridized carbons (Fsp3) is 0.278. The number of amides is 2. The number of aryl methyl sites for hydroxylation is 1. The summed E-state index contributed by atoms with van der Waals surface area (Å²) in [5.41, 5.74) is 1.40. The van der Waals surface area contributed by atoms with Crippen molar-refractivity contribution in [2.75, 3.05) is 19.4 Å². The first-order chi connectivity index (χ1) is 12.2. The summed E-state index contributed by atoms with van der Waals surface area (Å²) in [4.78, 5) is 37.7. The van der Waals surface area contributed by atoms with Crippen molar-refractivity contribution < 1.29 is 9.59 Å². The van der Waals surface area contributed by atoms with E-state index >= 15 is 0 Å². The second kappa shape index (κ2) is 7.61. The highest BCUT2D eigenvalue weighted by Gasteiger charge is 2.14. The number of hydrogen-bond acceptors (Lipinski definition) is 5. The van der Waals surface area contributed by atoms with Crippen molar-refractivity contribution in [1.82, 2.24) is 14.7 Å². The molecular formula is C18H19N5O3. The molecule has 0 aliphatic carbocycles. The Balaban J connectivity index is 2.15. The van der Waals surface area contributed by atoms with E-state index in [9.17, 15) is 14.4 Å². The molecule has 8 heteroatoms. The van der Waals surface area contributed by atoms with Gasteiger partial charge in [-0.3, -0.25) is 14.4 Å². The van der Waals surface area contributed by atoms with E-state index in [0.717, 1.165) is 4.68 Å². The SMILES string of the molecule is Cc1nn(CC(=O)Nc2ccc(C(=O)N(C)C)cc2)c(=O)c(C#N)c1C. The minimum Gasteiger partial charge on any atom is -0.345 e. The second-order valence-corrected chi connectivity index (χ2v) is 5.99. The van der Waals surface area contributed by atoms with Gasteiger partial charge < -0.3 is 10.2 Å². The molecule has 0 aliphatic heterocycles. The predicted molar refractivity (Wildman–Crippen MR) is 95.8 cm³/mol. The number of rotatable bonds is 4. The molecule has 2 aromatic rings. The van der Waals surface area contributed by atoms with Crippen LogP contribution in [0.2, 0.25) is 0 Å². The van der Waals surface area contributed by atoms with Gasteiger partial charge in [-0.15, -0.1) is 0 Å². The monoisotopic (exact) mass is 353 g/mol. The fourth-order valence-electron chi connectivity index (χ4n) is 2.30. The van der Waals surface area contributed by atoms with Crippen LogP contribution in [0.3, 0.4) is 0 Å². The molecular weight excluding hydrogens is 334 g/mol. The van der Waals surface area contributed by atoms with Gasteiger partial charge in [0.25, 0.3) is 11.5 Å². The van der Waals surface area contributed by atoms with Crippen LogP contribution in [0.1, 0.15) is 27.2 Å². The average Bonchev–Trinajstić information content (AvgIpc) is 2.60. The minimum absolute atomic E-state index is 0.0168. The second-order valence-electron chi connectivity index (χ2n) is 5.99. The smallest absolute Gasteiger partial charge is 0.285 e. The Hall–Kier alpha value is -3.47. The van der Waals surface area contributed by atoms with Gasteiger partial charge in [-0.25, -0.2) is 4.68 Å². The van der Waals surface area contributed by atoms with Crippen molar-refractivity contribution in [2.24, 2.45) is 0 Å². The van der Waals surface area contributed by atoms with Crippen LogP contribution in [0.4, 0.5) is 5.69 Å². The number of hydrogen-bond donors (Lipinski definition) is 1. The van der Waals surface area contributed by atoms with E-state index in [-0.39, 0.29) is 18.0 Å². The Kier molecular flexibility index (Phi) is 5.52. The quantitative estimate of drug-likeness (QED) is 0.884. The largest absolute Gasteiger partial charge is 0.345 e. The van der Waals surface area contributed by atoms with Crippen molar-refractivity contribution in [3.05, 3.63) is 57.0 Å². The summed E-state index contributed by atoms with van der Waals surface area (Å²) in [6, 6.07) is 8.27. The van der Waals surface area contributed by atoms with Crippen LogP contribution < -0.4 is 10.9 Å². The average molecular weight is 353 g/mol. The summed E-state index contributed by atoms with van der Waals surface area (Å²) in [5.74, 6) is -0.601. The van der Waals surface area contributed by atoms with Gasteiger partial charge in [-0.2, -0.15) is 10.4 Å². The molecule has 0 unspecified atom stereocenters. The molecule has 1 N–H and O–H groups in total. The molecule has 0 spiro atoms. The standard InChI is InChI=1S/C18H19N5O3/c1-11-12(2)21-23(18(26)15(11)9-19)10-16(24)20-14-7-5-13(6-8-14)17(25)22(3)4/h5-8H,10H2,1-4H3,(H,20,24). The zero-order chi connectivity index (χ0) is 19.4. The molecule has 0 saturated heterocycles. The van der Waals surface area contributed by atoms with E-state index in [2.05, 4.69) is 10.4 Å². The first-order valence-electron chi connectivity index (χ1n) is 7.84. The number of nitrogens with one attached hydrogen (secondary N) is 1. The molecule has 1 heterocycles. The van der Waals surface area contributed by atoms with Gasteiger partial charge in [-0.05, 0) is 43.7 Å². The summed E-state index contributed by atoms with van der Waals surface area (Å²) in [6.45, 7) is 3.00. The summed E-state index contributed by atoms with van der Waals surface area (Å²) in [7, 11) is 3.31. The molecule has 1 aromatic heterocycles. The van der Waals surface area contributed by atoms with Crippen molar-refractivity contribution in [3.8, 4) is 6.07 Å². The first kappa shape index (κ1) is 18.9. The number of aromatic nitrogens is 2. The highest BCUT2D eigenvalue weighted by molar-refractivity contribution is 5.95. The van der Waals surface area contributed by atoms with E-state index in [1.54, 1.807) is 52.2 Å². The molecule has 26 heavy (non-hydrogen) atoms. The number of anilines is 1. The van der Waals surface area contributed by atoms with E-state index < -0.39 is 11.5 Å². The third-order valence-corrected chi connectivity index (χ3v) is 3.86. The lowest BCUT2D eigenvalue weighted by molar-refractivity contribution is -0.117. The van der Waals surface area contributed by atoms with Crippen LogP contribution in [-0.2, 0) is 11.3 Å². The molecule has 8 nitrogen and oxygen atoms in total. The Morgan fingerprint density at radius 1 is 1.23 bits per heavy atom. The van der Waals surface area contributed by atoms with Gasteiger partial charge in [0, 0.05) is 25.3 Å². The van der Waals surface area contributed by atoms with Gasteiger partial charge in [0.2, 0.25) is 5.91 Å². The van der Waals surface area contributed by atoms with Crippen LogP contribution in [0.25, 0.3) is 0 Å². The molecule has 134 valence electrons. The summed E-state index contributed by atoms with van der Waals surface area (Å²) in [5, 5.41) is 15.8. The van der Waals surface area contributed by atoms with Crippen LogP contribution >= 0.6 is 0 Å². The number of nitriles is 1. The maximum Gasteiger partial charge on any atom is 0.285 e. The number of carbonyl (C=O) groups is 2. The maximum atomic E-state index is 12.2. The minimum atomic E-state index is -0.599. The van der Waals surface area contributed by atoms with Crippen LogP contribution in [0, 0.1) is 25.2 Å². The molecule has 2 rings (SSSR count). The van der Waals surface area contributed by atoms with Crippen LogP contribution in [-0.4, -0.2) is 40.6 Å². The van der Waals surface area contributed by atoms with E-state index in [0.29, 0.717) is 22.5 Å². The zero-order valence-electron chi connectivity index (χ0n) is 15.0. The fourth-order valence-corrected chi connectivity index (χ4v) is 2.30. The Morgan fingerprint density at radius 3 is 2.38 bits per heavy atom. The Bertz CT molecular complexity index is 953. The Labute approximate surface area is 150 Å². The normalized spacial score (nSPS) is 10.1. The molecule has 0 saturated carbocycles. The van der Waals surface area contributed by atoms with Gasteiger partial charge in [-0.1, -0.05) is 0 Å². The van der Waals surface area contributed by atoms with Crippen molar-refractivity contribution in [3.63, 3.8) is 0 Å². The van der Waals surface area contributed by atoms with Crippen LogP contribution in [0.15, 0.2) is 29.1 Å². The van der Waals surface area contributed by atoms with E-state index in [4.69, 9.17) is 5.26 Å². The molecule has 0 atom stereocenters. The summed E-state index contributed by atoms with van der Waals surface area (Å²) in [6.07, 6.45) is 0. The lowest BCUT2D eigenvalue weighted by Gasteiger charge is -2.11. The van der Waals surface area contributed by atoms with Crippen LogP contribution in [0.5, 0.6) is 0 Å². The number of benzene rings is 1. The third kappa shape index (κ3) is 3.95. The van der Waals surface area contributed by atoms with Gasteiger partial charge in [0.1, 0.15) is 18.2 Å². The summed E-state index contributed by atoms with van der Waals surface area (Å²) >= 11 is 0. The van der Waals surface area contributed by atoms with E-state index in [1.165, 1.54) is 4.90 Å². The van der Waals surface area contributed by atoms with Gasteiger partial charge in [0.05, 0.1) is 5.69 Å². The number of nitrogens with zero attached hydrogens (tertiary/aromatic N) is 4. The topological polar surface area (TPSA) is 108 Å². The first-order valence-corrected chi connectivity index (χ1v) is 7.84. The lowest BCUT2D eigenvalue weighted by Crippen LogP contribution is -2.32. The molecule has 0 aliphatic rings. The Morgan fingerprint density at radius 2 is 1.85 bits per heavy atom. The molecule has 0 bridgehead atoms. The molecule has 1 aromatic carbocycles. The van der Waals surface area contributed by atoms with Crippen molar-refractivity contribution in [2.45, 2.75) is 20.4 Å². The highest BCUT2D eigenvalue weighted by atomic mass is 16.2. The van der Waals surface area contributed by atoms with Crippen molar-refractivity contribution >= 4 is 17.5 Å². The predicted octanol–water partition coefficient (Wildman–Crippen LogP) is 1.07. The lowest BCUT2D eigenvalue weighted by atomic mass is 10.1.